The maximum absolute atomic E-state index is 11.2. The molecule has 86 valence electrons. The Morgan fingerprint density at radius 3 is 2.56 bits per heavy atom. The van der Waals surface area contributed by atoms with E-state index >= 15 is 0 Å². The number of rotatable bonds is 3. The van der Waals surface area contributed by atoms with Crippen molar-refractivity contribution in [2.24, 2.45) is 5.92 Å². The first-order valence-corrected chi connectivity index (χ1v) is 5.28. The average Bonchev–Trinajstić information content (AvgIpc) is 2.27. The van der Waals surface area contributed by atoms with Crippen molar-refractivity contribution in [3.8, 4) is 0 Å². The molecule has 1 fully saturated rings. The number of ether oxygens (including phenoxy) is 1. The third kappa shape index (κ3) is 2.02. The van der Waals surface area contributed by atoms with E-state index in [0.717, 1.165) is 18.8 Å². The van der Waals surface area contributed by atoms with Crippen LogP contribution in [0.15, 0.2) is 24.3 Å². The second kappa shape index (κ2) is 4.53. The molecule has 0 spiro atoms. The number of aliphatic hydroxyl groups is 1. The van der Waals surface area contributed by atoms with E-state index in [1.807, 2.05) is 12.1 Å². The highest BCUT2D eigenvalue weighted by Crippen LogP contribution is 2.24. The summed E-state index contributed by atoms with van der Waals surface area (Å²) in [6.07, 6.45) is 0. The van der Waals surface area contributed by atoms with Crippen molar-refractivity contribution >= 4 is 11.7 Å². The number of esters is 1. The molecule has 0 aromatic heterocycles. The summed E-state index contributed by atoms with van der Waals surface area (Å²) in [7, 11) is 1.37. The molecule has 1 aromatic rings. The molecule has 1 aliphatic heterocycles. The summed E-state index contributed by atoms with van der Waals surface area (Å²) in [5.74, 6) is 0.0728. The highest BCUT2D eigenvalue weighted by atomic mass is 16.5. The number of hydrogen-bond donors (Lipinski definition) is 1. The van der Waals surface area contributed by atoms with Crippen LogP contribution in [0.1, 0.15) is 10.4 Å². The molecular formula is C12H15NO3. The summed E-state index contributed by atoms with van der Waals surface area (Å²) in [4.78, 5) is 13.4. The van der Waals surface area contributed by atoms with Crippen molar-refractivity contribution in [2.45, 2.75) is 0 Å². The molecule has 0 radical (unpaired) electrons. The maximum Gasteiger partial charge on any atom is 0.337 e. The van der Waals surface area contributed by atoms with E-state index < -0.39 is 0 Å². The number of carbonyl (C=O) groups excluding carboxylic acids is 1. The lowest BCUT2D eigenvalue weighted by Gasteiger charge is -2.40. The third-order valence-corrected chi connectivity index (χ3v) is 2.87. The zero-order valence-corrected chi connectivity index (χ0v) is 9.22. The van der Waals surface area contributed by atoms with Crippen LogP contribution in [0.2, 0.25) is 0 Å². The summed E-state index contributed by atoms with van der Waals surface area (Å²) in [5.41, 5.74) is 1.64. The Morgan fingerprint density at radius 2 is 2.06 bits per heavy atom. The Hall–Kier alpha value is -1.55. The molecule has 4 nitrogen and oxygen atoms in total. The number of methoxy groups -OCH3 is 1. The number of benzene rings is 1. The largest absolute Gasteiger partial charge is 0.465 e. The molecule has 1 heterocycles. The predicted molar refractivity (Wildman–Crippen MR) is 60.6 cm³/mol. The van der Waals surface area contributed by atoms with Gasteiger partial charge in [-0.2, -0.15) is 0 Å². The number of nitrogens with zero attached hydrogens (tertiary/aromatic N) is 1. The quantitative estimate of drug-likeness (QED) is 0.770. The minimum atomic E-state index is -0.316. The van der Waals surface area contributed by atoms with Crippen molar-refractivity contribution in [3.63, 3.8) is 0 Å². The number of anilines is 1. The molecule has 0 aliphatic carbocycles. The third-order valence-electron chi connectivity index (χ3n) is 2.87. The van der Waals surface area contributed by atoms with E-state index in [1.165, 1.54) is 7.11 Å². The molecule has 1 N–H and O–H groups in total. The fourth-order valence-electron chi connectivity index (χ4n) is 1.82. The lowest BCUT2D eigenvalue weighted by molar-refractivity contribution is 0.0601. The molecule has 1 aliphatic rings. The highest BCUT2D eigenvalue weighted by molar-refractivity contribution is 5.89. The first-order valence-electron chi connectivity index (χ1n) is 5.28. The van der Waals surface area contributed by atoms with E-state index in [1.54, 1.807) is 12.1 Å². The van der Waals surface area contributed by atoms with Crippen LogP contribution in [0.3, 0.4) is 0 Å². The van der Waals surface area contributed by atoms with Gasteiger partial charge in [0.2, 0.25) is 0 Å². The second-order valence-electron chi connectivity index (χ2n) is 3.99. The van der Waals surface area contributed by atoms with Gasteiger partial charge in [0.25, 0.3) is 0 Å². The molecule has 0 atom stereocenters. The molecule has 0 unspecified atom stereocenters. The van der Waals surface area contributed by atoms with Crippen LogP contribution in [0, 0.1) is 5.92 Å². The molecule has 1 aromatic carbocycles. The smallest absolute Gasteiger partial charge is 0.337 e. The predicted octanol–water partition coefficient (Wildman–Crippen LogP) is 0.902. The second-order valence-corrected chi connectivity index (χ2v) is 3.99. The SMILES string of the molecule is COC(=O)c1ccc(N2CC(CO)C2)cc1. The zero-order chi connectivity index (χ0) is 11.5. The van der Waals surface area contributed by atoms with Crippen LogP contribution in [0.4, 0.5) is 5.69 Å². The Bertz CT molecular complexity index is 368. The minimum Gasteiger partial charge on any atom is -0.465 e. The monoisotopic (exact) mass is 221 g/mol. The first-order chi connectivity index (χ1) is 7.74. The van der Waals surface area contributed by atoms with E-state index in [0.29, 0.717) is 11.5 Å². The standard InChI is InChI=1S/C12H15NO3/c1-16-12(15)10-2-4-11(5-3-10)13-6-9(7-13)8-14/h2-5,9,14H,6-8H2,1H3. The first kappa shape index (κ1) is 11.0. The van der Waals surface area contributed by atoms with Gasteiger partial charge in [-0.1, -0.05) is 0 Å². The number of carbonyl (C=O) groups is 1. The van der Waals surface area contributed by atoms with Gasteiger partial charge in [-0.05, 0) is 24.3 Å². The fraction of sp³-hybridized carbons (Fsp3) is 0.417. The van der Waals surface area contributed by atoms with Crippen LogP contribution in [-0.2, 0) is 4.74 Å². The van der Waals surface area contributed by atoms with Crippen molar-refractivity contribution in [3.05, 3.63) is 29.8 Å². The van der Waals surface area contributed by atoms with Gasteiger partial charge < -0.3 is 14.7 Å². The van der Waals surface area contributed by atoms with Crippen LogP contribution in [-0.4, -0.2) is 37.9 Å². The van der Waals surface area contributed by atoms with Gasteiger partial charge in [0.05, 0.1) is 12.7 Å². The van der Waals surface area contributed by atoms with E-state index in [9.17, 15) is 4.79 Å². The van der Waals surface area contributed by atoms with E-state index in [4.69, 9.17) is 5.11 Å². The van der Waals surface area contributed by atoms with Gasteiger partial charge >= 0.3 is 5.97 Å². The van der Waals surface area contributed by atoms with Crippen molar-refractivity contribution in [1.82, 2.24) is 0 Å². The Labute approximate surface area is 94.4 Å². The Kier molecular flexibility index (Phi) is 3.10. The lowest BCUT2D eigenvalue weighted by atomic mass is 10.00. The molecule has 0 amide bonds. The summed E-state index contributed by atoms with van der Waals surface area (Å²) in [5, 5.41) is 8.91. The summed E-state index contributed by atoms with van der Waals surface area (Å²) < 4.78 is 4.63. The number of aliphatic hydroxyl groups excluding tert-OH is 1. The summed E-state index contributed by atoms with van der Waals surface area (Å²) in [6, 6.07) is 7.32. The van der Waals surface area contributed by atoms with Gasteiger partial charge in [0, 0.05) is 31.3 Å². The highest BCUT2D eigenvalue weighted by Gasteiger charge is 2.25. The van der Waals surface area contributed by atoms with Crippen LogP contribution in [0.5, 0.6) is 0 Å². The molecule has 2 rings (SSSR count). The summed E-state index contributed by atoms with van der Waals surface area (Å²) in [6.45, 7) is 2.01. The molecular weight excluding hydrogens is 206 g/mol. The maximum atomic E-state index is 11.2. The topological polar surface area (TPSA) is 49.8 Å². The lowest BCUT2D eigenvalue weighted by Crippen LogP contribution is -2.48. The van der Waals surface area contributed by atoms with Gasteiger partial charge in [0.15, 0.2) is 0 Å². The minimum absolute atomic E-state index is 0.247. The molecule has 1 saturated heterocycles. The number of hydrogen-bond acceptors (Lipinski definition) is 4. The van der Waals surface area contributed by atoms with Crippen molar-refractivity contribution in [1.29, 1.82) is 0 Å². The van der Waals surface area contributed by atoms with Gasteiger partial charge in [-0.25, -0.2) is 4.79 Å². The molecule has 4 heteroatoms. The van der Waals surface area contributed by atoms with E-state index in [-0.39, 0.29) is 12.6 Å². The van der Waals surface area contributed by atoms with Gasteiger partial charge in [0.1, 0.15) is 0 Å². The molecule has 0 bridgehead atoms. The van der Waals surface area contributed by atoms with Crippen molar-refractivity contribution in [2.75, 3.05) is 31.7 Å². The van der Waals surface area contributed by atoms with E-state index in [2.05, 4.69) is 9.64 Å². The molecule has 0 saturated carbocycles. The van der Waals surface area contributed by atoms with Gasteiger partial charge in [-0.3, -0.25) is 0 Å². The normalized spacial score (nSPS) is 15.8. The molecule has 16 heavy (non-hydrogen) atoms. The Morgan fingerprint density at radius 1 is 1.44 bits per heavy atom. The van der Waals surface area contributed by atoms with Crippen LogP contribution < -0.4 is 4.90 Å². The van der Waals surface area contributed by atoms with Crippen LogP contribution in [0.25, 0.3) is 0 Å². The van der Waals surface area contributed by atoms with Crippen molar-refractivity contribution < 1.29 is 14.6 Å². The van der Waals surface area contributed by atoms with Crippen LogP contribution >= 0.6 is 0 Å². The van der Waals surface area contributed by atoms with Gasteiger partial charge in [-0.15, -0.1) is 0 Å². The Balaban J connectivity index is 2.01. The average molecular weight is 221 g/mol. The zero-order valence-electron chi connectivity index (χ0n) is 9.22. The fourth-order valence-corrected chi connectivity index (χ4v) is 1.82. The summed E-state index contributed by atoms with van der Waals surface area (Å²) >= 11 is 0.